The van der Waals surface area contributed by atoms with Gasteiger partial charge in [0.1, 0.15) is 17.9 Å². The van der Waals surface area contributed by atoms with Crippen LogP contribution in [0.5, 0.6) is 0 Å². The molecule has 0 bridgehead atoms. The maximum atomic E-state index is 13.7. The molecule has 0 aromatic heterocycles. The second-order valence-electron chi connectivity index (χ2n) is 5.08. The Morgan fingerprint density at radius 3 is 2.65 bits per heavy atom. The third-order valence-corrected chi connectivity index (χ3v) is 3.62. The Morgan fingerprint density at radius 2 is 2.00 bits per heavy atom. The monoisotopic (exact) mass is 278 g/mol. The largest absolute Gasteiger partial charge is 0.343 e. The first-order valence-corrected chi connectivity index (χ1v) is 6.88. The van der Waals surface area contributed by atoms with Crippen LogP contribution in [-0.4, -0.2) is 28.8 Å². The van der Waals surface area contributed by atoms with Gasteiger partial charge < -0.3 is 10.2 Å². The summed E-state index contributed by atoms with van der Waals surface area (Å²) in [6, 6.07) is 5.26. The second-order valence-corrected chi connectivity index (χ2v) is 5.08. The van der Waals surface area contributed by atoms with E-state index in [9.17, 15) is 14.0 Å². The number of carbonyl (C=O) groups is 2. The van der Waals surface area contributed by atoms with Crippen molar-refractivity contribution in [3.8, 4) is 0 Å². The normalized spacial score (nSPS) is 22.9. The standard InChI is InChI=1S/C15H19FN2O2/c1-3-6-13-15(20)18(10(2)14(19)17-13)9-11-7-4-5-8-12(11)16/h4-5,7-8,10,13H,3,6,9H2,1-2H3,(H,17,19). The number of hydrogen-bond donors (Lipinski definition) is 1. The van der Waals surface area contributed by atoms with E-state index in [4.69, 9.17) is 0 Å². The molecule has 0 radical (unpaired) electrons. The van der Waals surface area contributed by atoms with E-state index >= 15 is 0 Å². The molecule has 1 aromatic carbocycles. The fourth-order valence-electron chi connectivity index (χ4n) is 2.40. The van der Waals surface area contributed by atoms with Crippen molar-refractivity contribution in [2.75, 3.05) is 0 Å². The van der Waals surface area contributed by atoms with Gasteiger partial charge in [-0.1, -0.05) is 31.5 Å². The molecule has 2 rings (SSSR count). The Kier molecular flexibility index (Phi) is 4.37. The van der Waals surface area contributed by atoms with Gasteiger partial charge in [0.2, 0.25) is 11.8 Å². The van der Waals surface area contributed by atoms with Gasteiger partial charge in [0.05, 0.1) is 0 Å². The molecule has 2 atom stereocenters. The highest BCUT2D eigenvalue weighted by Crippen LogP contribution is 2.18. The Hall–Kier alpha value is -1.91. The highest BCUT2D eigenvalue weighted by Gasteiger charge is 2.37. The van der Waals surface area contributed by atoms with Crippen LogP contribution in [0.2, 0.25) is 0 Å². The third-order valence-electron chi connectivity index (χ3n) is 3.62. The number of nitrogens with one attached hydrogen (secondary N) is 1. The summed E-state index contributed by atoms with van der Waals surface area (Å²) in [6.07, 6.45) is 1.41. The topological polar surface area (TPSA) is 49.4 Å². The number of halogens is 1. The van der Waals surface area contributed by atoms with Crippen LogP contribution in [-0.2, 0) is 16.1 Å². The Bertz CT molecular complexity index is 518. The number of piperazine rings is 1. The van der Waals surface area contributed by atoms with Crippen molar-refractivity contribution in [2.24, 2.45) is 0 Å². The molecule has 20 heavy (non-hydrogen) atoms. The first-order chi connectivity index (χ1) is 9.54. The van der Waals surface area contributed by atoms with Crippen LogP contribution in [0.15, 0.2) is 24.3 Å². The van der Waals surface area contributed by atoms with Crippen molar-refractivity contribution in [2.45, 2.75) is 45.3 Å². The third kappa shape index (κ3) is 2.81. The molecule has 1 heterocycles. The molecular weight excluding hydrogens is 259 g/mol. The molecule has 0 saturated carbocycles. The van der Waals surface area contributed by atoms with E-state index in [2.05, 4.69) is 5.32 Å². The van der Waals surface area contributed by atoms with Crippen LogP contribution in [0.4, 0.5) is 4.39 Å². The van der Waals surface area contributed by atoms with Gasteiger partial charge in [-0.2, -0.15) is 0 Å². The van der Waals surface area contributed by atoms with Crippen LogP contribution in [0, 0.1) is 5.82 Å². The summed E-state index contributed by atoms with van der Waals surface area (Å²) in [4.78, 5) is 25.7. The minimum absolute atomic E-state index is 0.125. The lowest BCUT2D eigenvalue weighted by atomic mass is 10.0. The quantitative estimate of drug-likeness (QED) is 0.913. The summed E-state index contributed by atoms with van der Waals surface area (Å²) >= 11 is 0. The molecule has 5 heteroatoms. The molecule has 2 unspecified atom stereocenters. The lowest BCUT2D eigenvalue weighted by Crippen LogP contribution is -2.61. The fourth-order valence-corrected chi connectivity index (χ4v) is 2.40. The van der Waals surface area contributed by atoms with Crippen LogP contribution in [0.25, 0.3) is 0 Å². The summed E-state index contributed by atoms with van der Waals surface area (Å²) in [5.74, 6) is -0.674. The molecule has 4 nitrogen and oxygen atoms in total. The Morgan fingerprint density at radius 1 is 1.30 bits per heavy atom. The maximum Gasteiger partial charge on any atom is 0.246 e. The smallest absolute Gasteiger partial charge is 0.246 e. The zero-order valence-electron chi connectivity index (χ0n) is 11.7. The van der Waals surface area contributed by atoms with Crippen molar-refractivity contribution in [3.05, 3.63) is 35.6 Å². The predicted octanol–water partition coefficient (Wildman–Crippen LogP) is 1.84. The van der Waals surface area contributed by atoms with Crippen molar-refractivity contribution in [1.29, 1.82) is 0 Å². The Labute approximate surface area is 118 Å². The van der Waals surface area contributed by atoms with Gasteiger partial charge in [-0.3, -0.25) is 9.59 Å². The minimum atomic E-state index is -0.574. The number of hydrogen-bond acceptors (Lipinski definition) is 2. The average molecular weight is 278 g/mol. The van der Waals surface area contributed by atoms with E-state index in [1.165, 1.54) is 11.0 Å². The van der Waals surface area contributed by atoms with Gasteiger partial charge in [-0.05, 0) is 19.4 Å². The lowest BCUT2D eigenvalue weighted by Gasteiger charge is -2.37. The predicted molar refractivity (Wildman–Crippen MR) is 73.3 cm³/mol. The second kappa shape index (κ2) is 6.03. The average Bonchev–Trinajstić information content (AvgIpc) is 2.43. The fraction of sp³-hybridized carbons (Fsp3) is 0.467. The number of amides is 2. The molecule has 1 aromatic rings. The van der Waals surface area contributed by atoms with Gasteiger partial charge in [0, 0.05) is 12.1 Å². The molecule has 1 saturated heterocycles. The van der Waals surface area contributed by atoms with E-state index in [0.717, 1.165) is 6.42 Å². The van der Waals surface area contributed by atoms with Crippen molar-refractivity contribution in [1.82, 2.24) is 10.2 Å². The molecule has 108 valence electrons. The maximum absolute atomic E-state index is 13.7. The number of benzene rings is 1. The number of carbonyl (C=O) groups excluding carboxylic acids is 2. The molecule has 0 aliphatic carbocycles. The van der Waals surface area contributed by atoms with Crippen LogP contribution in [0.3, 0.4) is 0 Å². The number of nitrogens with zero attached hydrogens (tertiary/aromatic N) is 1. The van der Waals surface area contributed by atoms with Crippen LogP contribution < -0.4 is 5.32 Å². The Balaban J connectivity index is 2.21. The molecule has 1 fully saturated rings. The van der Waals surface area contributed by atoms with Crippen molar-refractivity contribution < 1.29 is 14.0 Å². The highest BCUT2D eigenvalue weighted by atomic mass is 19.1. The molecule has 1 aliphatic heterocycles. The van der Waals surface area contributed by atoms with Crippen LogP contribution >= 0.6 is 0 Å². The van der Waals surface area contributed by atoms with E-state index in [1.54, 1.807) is 25.1 Å². The first-order valence-electron chi connectivity index (χ1n) is 6.88. The molecule has 1 N–H and O–H groups in total. The van der Waals surface area contributed by atoms with Gasteiger partial charge in [0.25, 0.3) is 0 Å². The minimum Gasteiger partial charge on any atom is -0.343 e. The summed E-state index contributed by atoms with van der Waals surface area (Å²) in [5, 5.41) is 2.72. The zero-order chi connectivity index (χ0) is 14.7. The SMILES string of the molecule is CCCC1NC(=O)C(C)N(Cc2ccccc2F)C1=O. The van der Waals surface area contributed by atoms with E-state index in [0.29, 0.717) is 12.0 Å². The van der Waals surface area contributed by atoms with Gasteiger partial charge >= 0.3 is 0 Å². The molecule has 0 spiro atoms. The first kappa shape index (κ1) is 14.5. The summed E-state index contributed by atoms with van der Waals surface area (Å²) in [7, 11) is 0. The lowest BCUT2D eigenvalue weighted by molar-refractivity contribution is -0.149. The summed E-state index contributed by atoms with van der Waals surface area (Å²) in [6.45, 7) is 3.75. The van der Waals surface area contributed by atoms with Crippen molar-refractivity contribution in [3.63, 3.8) is 0 Å². The molecule has 1 aliphatic rings. The zero-order valence-corrected chi connectivity index (χ0v) is 11.7. The van der Waals surface area contributed by atoms with E-state index in [-0.39, 0.29) is 24.2 Å². The van der Waals surface area contributed by atoms with Gasteiger partial charge in [0.15, 0.2) is 0 Å². The number of rotatable bonds is 4. The van der Waals surface area contributed by atoms with E-state index in [1.807, 2.05) is 6.92 Å². The van der Waals surface area contributed by atoms with Crippen LogP contribution in [0.1, 0.15) is 32.3 Å². The highest BCUT2D eigenvalue weighted by molar-refractivity contribution is 5.96. The van der Waals surface area contributed by atoms with E-state index < -0.39 is 12.1 Å². The summed E-state index contributed by atoms with van der Waals surface area (Å²) in [5.41, 5.74) is 0.428. The molecule has 2 amide bonds. The van der Waals surface area contributed by atoms with Crippen molar-refractivity contribution >= 4 is 11.8 Å². The van der Waals surface area contributed by atoms with Gasteiger partial charge in [-0.25, -0.2) is 4.39 Å². The molecular formula is C15H19FN2O2. The summed E-state index contributed by atoms with van der Waals surface area (Å²) < 4.78 is 13.7. The van der Waals surface area contributed by atoms with Gasteiger partial charge in [-0.15, -0.1) is 0 Å².